The predicted molar refractivity (Wildman–Crippen MR) is 68.5 cm³/mol. The van der Waals surface area contributed by atoms with E-state index in [2.05, 4.69) is 15.0 Å². The first kappa shape index (κ1) is 9.84. The number of nitrogen functional groups attached to an aromatic ring is 1. The molecule has 3 N–H and O–H groups in total. The van der Waals surface area contributed by atoms with E-state index in [1.54, 1.807) is 6.20 Å². The number of aromatic nitrogens is 3. The number of fused-ring (bicyclic) bond motifs is 1. The van der Waals surface area contributed by atoms with Crippen molar-refractivity contribution < 1.29 is 0 Å². The minimum Gasteiger partial charge on any atom is -0.398 e. The minimum absolute atomic E-state index is 0.654. The average molecular weight is 224 g/mol. The number of aromatic amines is 1. The van der Waals surface area contributed by atoms with Gasteiger partial charge in [0.25, 0.3) is 0 Å². The second-order valence-corrected chi connectivity index (χ2v) is 4.01. The Morgan fingerprint density at radius 3 is 3.00 bits per heavy atom. The van der Waals surface area contributed by atoms with Crippen LogP contribution >= 0.6 is 0 Å². The van der Waals surface area contributed by atoms with Crippen LogP contribution in [0.3, 0.4) is 0 Å². The molecule has 0 amide bonds. The largest absolute Gasteiger partial charge is 0.398 e. The van der Waals surface area contributed by atoms with Crippen LogP contribution in [0, 0.1) is 6.92 Å². The summed E-state index contributed by atoms with van der Waals surface area (Å²) in [6.07, 6.45) is 3.65. The van der Waals surface area contributed by atoms with Crippen LogP contribution in [0.5, 0.6) is 0 Å². The number of nitrogens with two attached hydrogens (primary N) is 1. The molecule has 17 heavy (non-hydrogen) atoms. The van der Waals surface area contributed by atoms with Gasteiger partial charge in [0.2, 0.25) is 0 Å². The van der Waals surface area contributed by atoms with E-state index in [-0.39, 0.29) is 0 Å². The van der Waals surface area contributed by atoms with Crippen molar-refractivity contribution in [2.75, 3.05) is 5.73 Å². The maximum absolute atomic E-state index is 6.04. The summed E-state index contributed by atoms with van der Waals surface area (Å²) in [6.45, 7) is 1.98. The predicted octanol–water partition coefficient (Wildman–Crippen LogP) is 2.52. The van der Waals surface area contributed by atoms with E-state index in [1.807, 2.05) is 37.4 Å². The average Bonchev–Trinajstić information content (AvgIpc) is 2.79. The van der Waals surface area contributed by atoms with Gasteiger partial charge < -0.3 is 10.7 Å². The molecule has 0 aliphatic carbocycles. The Morgan fingerprint density at radius 1 is 1.24 bits per heavy atom. The van der Waals surface area contributed by atoms with Gasteiger partial charge in [0, 0.05) is 29.0 Å². The lowest BCUT2D eigenvalue weighted by Crippen LogP contribution is -1.96. The Hall–Kier alpha value is -2.36. The van der Waals surface area contributed by atoms with Crippen LogP contribution in [0.25, 0.3) is 22.4 Å². The standard InChI is InChI=1S/C13H12N4/c1-8-3-2-4-10(11(8)14)13-16-7-9-5-6-15-12(9)17-13/h2-7H,14H2,1H3,(H,15,16,17). The van der Waals surface area contributed by atoms with Crippen LogP contribution in [0.1, 0.15) is 5.56 Å². The van der Waals surface area contributed by atoms with Crippen molar-refractivity contribution in [3.8, 4) is 11.4 Å². The molecule has 0 fully saturated rings. The molecule has 0 saturated heterocycles. The number of para-hydroxylation sites is 1. The van der Waals surface area contributed by atoms with E-state index in [4.69, 9.17) is 5.73 Å². The highest BCUT2D eigenvalue weighted by atomic mass is 14.9. The van der Waals surface area contributed by atoms with Gasteiger partial charge in [0.15, 0.2) is 5.82 Å². The summed E-state index contributed by atoms with van der Waals surface area (Å²) in [7, 11) is 0. The quantitative estimate of drug-likeness (QED) is 0.624. The molecule has 0 spiro atoms. The molecule has 0 bridgehead atoms. The van der Waals surface area contributed by atoms with Crippen molar-refractivity contribution in [1.82, 2.24) is 15.0 Å². The van der Waals surface area contributed by atoms with E-state index < -0.39 is 0 Å². The number of nitrogens with zero attached hydrogens (tertiary/aromatic N) is 2. The van der Waals surface area contributed by atoms with Crippen molar-refractivity contribution in [3.63, 3.8) is 0 Å². The fourth-order valence-corrected chi connectivity index (χ4v) is 1.84. The van der Waals surface area contributed by atoms with E-state index >= 15 is 0 Å². The van der Waals surface area contributed by atoms with Crippen LogP contribution in [-0.2, 0) is 0 Å². The molecular weight excluding hydrogens is 212 g/mol. The van der Waals surface area contributed by atoms with Crippen molar-refractivity contribution in [1.29, 1.82) is 0 Å². The van der Waals surface area contributed by atoms with Crippen molar-refractivity contribution in [2.45, 2.75) is 6.92 Å². The maximum atomic E-state index is 6.04. The van der Waals surface area contributed by atoms with E-state index in [9.17, 15) is 0 Å². The highest BCUT2D eigenvalue weighted by molar-refractivity contribution is 5.80. The highest BCUT2D eigenvalue weighted by Gasteiger charge is 2.08. The molecule has 2 heterocycles. The minimum atomic E-state index is 0.654. The number of benzene rings is 1. The summed E-state index contributed by atoms with van der Waals surface area (Å²) in [5, 5.41) is 1.000. The lowest BCUT2D eigenvalue weighted by Gasteiger charge is -2.06. The number of nitrogens with one attached hydrogen (secondary N) is 1. The van der Waals surface area contributed by atoms with Gasteiger partial charge in [-0.05, 0) is 24.6 Å². The van der Waals surface area contributed by atoms with Gasteiger partial charge in [0.05, 0.1) is 0 Å². The first-order valence-electron chi connectivity index (χ1n) is 5.41. The monoisotopic (exact) mass is 224 g/mol. The lowest BCUT2D eigenvalue weighted by molar-refractivity contribution is 1.20. The molecule has 0 aliphatic heterocycles. The third-order valence-electron chi connectivity index (χ3n) is 2.87. The zero-order chi connectivity index (χ0) is 11.8. The first-order valence-corrected chi connectivity index (χ1v) is 5.41. The van der Waals surface area contributed by atoms with Crippen LogP contribution < -0.4 is 5.73 Å². The van der Waals surface area contributed by atoms with Gasteiger partial charge in [-0.25, -0.2) is 9.97 Å². The normalized spacial score (nSPS) is 10.9. The molecule has 0 saturated carbocycles. The molecule has 0 atom stereocenters. The van der Waals surface area contributed by atoms with Gasteiger partial charge in [0.1, 0.15) is 5.65 Å². The number of hydrogen-bond donors (Lipinski definition) is 2. The van der Waals surface area contributed by atoms with Gasteiger partial charge in [-0.15, -0.1) is 0 Å². The molecule has 3 rings (SSSR count). The third kappa shape index (κ3) is 1.54. The Bertz CT molecular complexity index is 685. The fraction of sp³-hybridized carbons (Fsp3) is 0.0769. The SMILES string of the molecule is Cc1cccc(-c2ncc3cc[nH]c3n2)c1N. The molecule has 2 aromatic heterocycles. The molecule has 1 aromatic carbocycles. The topological polar surface area (TPSA) is 67.6 Å². The molecule has 3 aromatic rings. The second kappa shape index (κ2) is 3.59. The second-order valence-electron chi connectivity index (χ2n) is 4.01. The molecule has 0 radical (unpaired) electrons. The van der Waals surface area contributed by atoms with E-state index in [0.717, 1.165) is 27.8 Å². The Morgan fingerprint density at radius 2 is 2.12 bits per heavy atom. The molecule has 84 valence electrons. The van der Waals surface area contributed by atoms with Gasteiger partial charge in [-0.1, -0.05) is 12.1 Å². The maximum Gasteiger partial charge on any atom is 0.163 e. The van der Waals surface area contributed by atoms with Crippen molar-refractivity contribution >= 4 is 16.7 Å². The van der Waals surface area contributed by atoms with Crippen molar-refractivity contribution in [2.24, 2.45) is 0 Å². The van der Waals surface area contributed by atoms with Crippen LogP contribution in [0.4, 0.5) is 5.69 Å². The Labute approximate surface area is 98.5 Å². The van der Waals surface area contributed by atoms with Gasteiger partial charge >= 0.3 is 0 Å². The highest BCUT2D eigenvalue weighted by Crippen LogP contribution is 2.26. The zero-order valence-corrected chi connectivity index (χ0v) is 9.44. The summed E-state index contributed by atoms with van der Waals surface area (Å²) < 4.78 is 0. The number of aryl methyl sites for hydroxylation is 1. The third-order valence-corrected chi connectivity index (χ3v) is 2.87. The zero-order valence-electron chi connectivity index (χ0n) is 9.44. The summed E-state index contributed by atoms with van der Waals surface area (Å²) in [5.41, 5.74) is 9.52. The van der Waals surface area contributed by atoms with Crippen molar-refractivity contribution in [3.05, 3.63) is 42.2 Å². The summed E-state index contributed by atoms with van der Waals surface area (Å²) >= 11 is 0. The van der Waals surface area contributed by atoms with Crippen LogP contribution in [0.2, 0.25) is 0 Å². The summed E-state index contributed by atoms with van der Waals surface area (Å²) in [5.74, 6) is 0.654. The van der Waals surface area contributed by atoms with Crippen LogP contribution in [0.15, 0.2) is 36.7 Å². The van der Waals surface area contributed by atoms with Gasteiger partial charge in [-0.2, -0.15) is 0 Å². The summed E-state index contributed by atoms with van der Waals surface area (Å²) in [6, 6.07) is 7.82. The number of anilines is 1. The summed E-state index contributed by atoms with van der Waals surface area (Å²) in [4.78, 5) is 11.9. The molecular formula is C13H12N4. The number of rotatable bonds is 1. The first-order chi connectivity index (χ1) is 8.25. The number of hydrogen-bond acceptors (Lipinski definition) is 3. The van der Waals surface area contributed by atoms with Gasteiger partial charge in [-0.3, -0.25) is 0 Å². The number of H-pyrrole nitrogens is 1. The van der Waals surface area contributed by atoms with Crippen LogP contribution in [-0.4, -0.2) is 15.0 Å². The lowest BCUT2D eigenvalue weighted by atomic mass is 10.1. The molecule has 4 nitrogen and oxygen atoms in total. The smallest absolute Gasteiger partial charge is 0.163 e. The fourth-order valence-electron chi connectivity index (χ4n) is 1.84. The van der Waals surface area contributed by atoms with E-state index in [1.165, 1.54) is 0 Å². The Kier molecular flexibility index (Phi) is 2.08. The molecule has 0 unspecified atom stereocenters. The molecule has 0 aliphatic rings. The van der Waals surface area contributed by atoms with E-state index in [0.29, 0.717) is 5.82 Å². The Balaban J connectivity index is 2.23. The molecule has 4 heteroatoms.